The van der Waals surface area contributed by atoms with E-state index in [0.29, 0.717) is 18.4 Å². The van der Waals surface area contributed by atoms with E-state index in [1.54, 1.807) is 18.2 Å². The zero-order chi connectivity index (χ0) is 27.7. The summed E-state index contributed by atoms with van der Waals surface area (Å²) < 4.78 is 27.2. The van der Waals surface area contributed by atoms with Crippen LogP contribution in [0.1, 0.15) is 47.0 Å². The van der Waals surface area contributed by atoms with E-state index in [9.17, 15) is 27.6 Å². The maximum absolute atomic E-state index is 13.6. The standard InChI is InChI=1S/C27H27N5O6S/c1-2-6-21(30-25(34)20-11-10-17-7-3-4-9-19(17)29-20)26(35)31-14-12-22-24(31)23(33)16-32(22)39(37,38)27(36)18-8-5-13-28-15-18/h3-5,7-11,13,15,21-22,24H,2,6,12,14,16H2,1H3,(H,30,34). The van der Waals surface area contributed by atoms with Gasteiger partial charge >= 0.3 is 0 Å². The SMILES string of the molecule is CCCC(NC(=O)c1ccc2ccccc2n1)C(=O)N1CCC2C1C(=O)CN2S(=O)(=O)C(=O)c1cccnc1. The molecular formula is C27H27N5O6S. The molecule has 12 heteroatoms. The Kier molecular flexibility index (Phi) is 7.23. The van der Waals surface area contributed by atoms with Crippen LogP contribution in [0.25, 0.3) is 10.9 Å². The van der Waals surface area contributed by atoms with E-state index in [4.69, 9.17) is 0 Å². The van der Waals surface area contributed by atoms with Crippen molar-refractivity contribution in [2.75, 3.05) is 13.1 Å². The average molecular weight is 550 g/mol. The molecule has 2 aliphatic heterocycles. The number of hydrogen-bond acceptors (Lipinski definition) is 8. The normalized spacial score (nSPS) is 20.1. The van der Waals surface area contributed by atoms with Crippen LogP contribution < -0.4 is 5.32 Å². The first-order chi connectivity index (χ1) is 18.7. The molecule has 2 fully saturated rings. The molecule has 5 rings (SSSR count). The van der Waals surface area contributed by atoms with E-state index in [0.717, 1.165) is 15.9 Å². The molecule has 0 bridgehead atoms. The maximum atomic E-state index is 13.6. The second kappa shape index (κ2) is 10.6. The molecule has 39 heavy (non-hydrogen) atoms. The minimum Gasteiger partial charge on any atom is -0.339 e. The zero-order valence-corrected chi connectivity index (χ0v) is 22.0. The highest BCUT2D eigenvalue weighted by Crippen LogP contribution is 2.33. The molecule has 4 heterocycles. The summed E-state index contributed by atoms with van der Waals surface area (Å²) in [7, 11) is -4.51. The quantitative estimate of drug-likeness (QED) is 0.467. The smallest absolute Gasteiger partial charge is 0.293 e. The number of nitrogens with zero attached hydrogens (tertiary/aromatic N) is 4. The molecular weight excluding hydrogens is 522 g/mol. The Labute approximate surface area is 225 Å². The molecule has 1 aromatic carbocycles. The molecule has 0 spiro atoms. The summed E-state index contributed by atoms with van der Waals surface area (Å²) in [4.78, 5) is 62.0. The lowest BCUT2D eigenvalue weighted by molar-refractivity contribution is -0.138. The first-order valence-corrected chi connectivity index (χ1v) is 14.1. The maximum Gasteiger partial charge on any atom is 0.293 e. The van der Waals surface area contributed by atoms with Gasteiger partial charge in [-0.3, -0.25) is 24.2 Å². The molecule has 202 valence electrons. The van der Waals surface area contributed by atoms with Gasteiger partial charge in [0.05, 0.1) is 23.7 Å². The van der Waals surface area contributed by atoms with Gasteiger partial charge in [0.15, 0.2) is 5.78 Å². The molecule has 2 aromatic heterocycles. The Morgan fingerprint density at radius 1 is 1.10 bits per heavy atom. The number of hydrogen-bond donors (Lipinski definition) is 1. The lowest BCUT2D eigenvalue weighted by atomic mass is 10.1. The van der Waals surface area contributed by atoms with E-state index < -0.39 is 57.4 Å². The third kappa shape index (κ3) is 4.92. The van der Waals surface area contributed by atoms with Crippen molar-refractivity contribution in [2.24, 2.45) is 0 Å². The van der Waals surface area contributed by atoms with Gasteiger partial charge in [0.25, 0.3) is 21.0 Å². The van der Waals surface area contributed by atoms with Crippen LogP contribution in [0.3, 0.4) is 0 Å². The van der Waals surface area contributed by atoms with Crippen molar-refractivity contribution >= 4 is 43.6 Å². The number of carbonyl (C=O) groups is 4. The van der Waals surface area contributed by atoms with E-state index in [2.05, 4.69) is 15.3 Å². The number of carbonyl (C=O) groups excluding carboxylic acids is 4. The van der Waals surface area contributed by atoms with Gasteiger partial charge in [-0.2, -0.15) is 4.31 Å². The minimum atomic E-state index is -4.51. The van der Waals surface area contributed by atoms with Gasteiger partial charge in [-0.15, -0.1) is 0 Å². The molecule has 3 aromatic rings. The van der Waals surface area contributed by atoms with Crippen LogP contribution in [0.5, 0.6) is 0 Å². The summed E-state index contributed by atoms with van der Waals surface area (Å²) in [5, 5.41) is 2.48. The number of rotatable bonds is 7. The fraction of sp³-hybridized carbons (Fsp3) is 0.333. The van der Waals surface area contributed by atoms with E-state index in [1.165, 1.54) is 23.2 Å². The van der Waals surface area contributed by atoms with Gasteiger partial charge in [-0.1, -0.05) is 37.6 Å². The number of aromatic nitrogens is 2. The van der Waals surface area contributed by atoms with Crippen molar-refractivity contribution in [3.05, 3.63) is 72.2 Å². The van der Waals surface area contributed by atoms with Gasteiger partial charge < -0.3 is 10.2 Å². The second-order valence-corrected chi connectivity index (χ2v) is 11.4. The van der Waals surface area contributed by atoms with Crippen molar-refractivity contribution in [3.63, 3.8) is 0 Å². The number of nitrogens with one attached hydrogen (secondary N) is 1. The van der Waals surface area contributed by atoms with E-state index in [1.807, 2.05) is 25.1 Å². The summed E-state index contributed by atoms with van der Waals surface area (Å²) in [6.07, 6.45) is 3.67. The third-order valence-electron chi connectivity index (χ3n) is 7.11. The number of Topliss-reactive ketones (excluding diaryl/α,β-unsaturated/α-hetero) is 1. The van der Waals surface area contributed by atoms with Gasteiger partial charge in [0.1, 0.15) is 17.8 Å². The van der Waals surface area contributed by atoms with Crippen LogP contribution in [0.2, 0.25) is 0 Å². The summed E-state index contributed by atoms with van der Waals surface area (Å²) in [6, 6.07) is 10.7. The summed E-state index contributed by atoms with van der Waals surface area (Å²) in [6.45, 7) is 1.49. The highest BCUT2D eigenvalue weighted by atomic mass is 32.2. The number of sulfonamides is 1. The van der Waals surface area contributed by atoms with Crippen molar-refractivity contribution in [1.82, 2.24) is 24.5 Å². The monoisotopic (exact) mass is 549 g/mol. The number of likely N-dealkylation sites (tertiary alicyclic amines) is 1. The molecule has 2 saturated heterocycles. The van der Waals surface area contributed by atoms with Crippen LogP contribution >= 0.6 is 0 Å². The predicted octanol–water partition coefficient (Wildman–Crippen LogP) is 1.55. The number of pyridine rings is 2. The Morgan fingerprint density at radius 3 is 2.64 bits per heavy atom. The number of benzene rings is 1. The lowest BCUT2D eigenvalue weighted by Crippen LogP contribution is -2.52. The van der Waals surface area contributed by atoms with Crippen molar-refractivity contribution in [2.45, 2.75) is 44.3 Å². The van der Waals surface area contributed by atoms with Gasteiger partial charge in [0, 0.05) is 24.3 Å². The summed E-state index contributed by atoms with van der Waals surface area (Å²) >= 11 is 0. The molecule has 3 unspecified atom stereocenters. The lowest BCUT2D eigenvalue weighted by Gasteiger charge is -2.28. The summed E-state index contributed by atoms with van der Waals surface area (Å²) in [5.74, 6) is -1.46. The number of para-hydroxylation sites is 1. The molecule has 0 radical (unpaired) electrons. The Morgan fingerprint density at radius 2 is 1.90 bits per heavy atom. The second-order valence-electron chi connectivity index (χ2n) is 9.58. The minimum absolute atomic E-state index is 0.104. The van der Waals surface area contributed by atoms with Gasteiger partial charge in [0.2, 0.25) is 5.91 Å². The van der Waals surface area contributed by atoms with Gasteiger partial charge in [-0.05, 0) is 37.1 Å². The first-order valence-electron chi connectivity index (χ1n) is 12.7. The Hall–Kier alpha value is -4.03. The van der Waals surface area contributed by atoms with Crippen LogP contribution in [-0.4, -0.2) is 81.5 Å². The largest absolute Gasteiger partial charge is 0.339 e. The Bertz CT molecular complexity index is 1560. The molecule has 0 saturated carbocycles. The Balaban J connectivity index is 1.34. The van der Waals surface area contributed by atoms with Crippen molar-refractivity contribution in [1.29, 1.82) is 0 Å². The third-order valence-corrected chi connectivity index (χ3v) is 8.83. The summed E-state index contributed by atoms with van der Waals surface area (Å²) in [5.41, 5.74) is 0.696. The first kappa shape index (κ1) is 26.6. The topological polar surface area (TPSA) is 147 Å². The van der Waals surface area contributed by atoms with Gasteiger partial charge in [-0.25, -0.2) is 13.4 Å². The predicted molar refractivity (Wildman–Crippen MR) is 141 cm³/mol. The molecule has 11 nitrogen and oxygen atoms in total. The fourth-order valence-corrected chi connectivity index (χ4v) is 6.76. The highest BCUT2D eigenvalue weighted by Gasteiger charge is 2.55. The average Bonchev–Trinajstić information content (AvgIpc) is 3.53. The zero-order valence-electron chi connectivity index (χ0n) is 21.2. The van der Waals surface area contributed by atoms with E-state index >= 15 is 0 Å². The molecule has 2 aliphatic rings. The number of fused-ring (bicyclic) bond motifs is 2. The molecule has 0 aliphatic carbocycles. The molecule has 1 N–H and O–H groups in total. The number of amides is 2. The highest BCUT2D eigenvalue weighted by molar-refractivity contribution is 8.04. The number of ketones is 1. The van der Waals surface area contributed by atoms with Crippen LogP contribution in [0, 0.1) is 0 Å². The van der Waals surface area contributed by atoms with Crippen molar-refractivity contribution < 1.29 is 27.6 Å². The molecule has 3 atom stereocenters. The van der Waals surface area contributed by atoms with Crippen LogP contribution in [-0.2, 0) is 19.6 Å². The van der Waals surface area contributed by atoms with Crippen LogP contribution in [0.15, 0.2) is 60.9 Å². The fourth-order valence-electron chi connectivity index (χ4n) is 5.25. The van der Waals surface area contributed by atoms with Crippen molar-refractivity contribution in [3.8, 4) is 0 Å². The van der Waals surface area contributed by atoms with Crippen LogP contribution in [0.4, 0.5) is 0 Å². The molecule has 2 amide bonds. The van der Waals surface area contributed by atoms with E-state index in [-0.39, 0.29) is 24.2 Å².